The second-order valence-corrected chi connectivity index (χ2v) is 9.56. The van der Waals surface area contributed by atoms with Gasteiger partial charge < -0.3 is 0 Å². The van der Waals surface area contributed by atoms with Gasteiger partial charge in [0.1, 0.15) is 0 Å². The Morgan fingerprint density at radius 3 is 1.41 bits per heavy atom. The van der Waals surface area contributed by atoms with Gasteiger partial charge in [0.05, 0.1) is 9.75 Å². The third-order valence-corrected chi connectivity index (χ3v) is 7.61. The summed E-state index contributed by atoms with van der Waals surface area (Å²) in [5, 5.41) is 4.42. The standard InChI is InChI=1S/C18H14S4/c1-11-3-5-15(21-11)13-7-9-19-17(13)18-14(8-10-20-18)16-6-4-12(2)22-16/h3-10H,1-2H3. The average molecular weight is 359 g/mol. The van der Waals surface area contributed by atoms with E-state index in [1.54, 1.807) is 0 Å². The maximum atomic E-state index is 2.26. The Morgan fingerprint density at radius 1 is 0.591 bits per heavy atom. The van der Waals surface area contributed by atoms with Crippen LogP contribution in [-0.2, 0) is 0 Å². The lowest BCUT2D eigenvalue weighted by Crippen LogP contribution is -1.75. The molecule has 0 saturated heterocycles. The van der Waals surface area contributed by atoms with Gasteiger partial charge in [0.25, 0.3) is 0 Å². The third kappa shape index (κ3) is 2.50. The van der Waals surface area contributed by atoms with Gasteiger partial charge in [-0.25, -0.2) is 0 Å². The Hall–Kier alpha value is -1.20. The first-order valence-corrected chi connectivity index (χ1v) is 10.4. The monoisotopic (exact) mass is 358 g/mol. The van der Waals surface area contributed by atoms with Gasteiger partial charge in [-0.1, -0.05) is 0 Å². The van der Waals surface area contributed by atoms with Crippen LogP contribution in [0.25, 0.3) is 30.6 Å². The van der Waals surface area contributed by atoms with E-state index in [1.807, 2.05) is 45.3 Å². The van der Waals surface area contributed by atoms with Crippen molar-refractivity contribution < 1.29 is 0 Å². The number of hydrogen-bond acceptors (Lipinski definition) is 4. The van der Waals surface area contributed by atoms with Crippen LogP contribution in [0.2, 0.25) is 0 Å². The molecule has 0 fully saturated rings. The molecule has 110 valence electrons. The zero-order valence-electron chi connectivity index (χ0n) is 12.3. The summed E-state index contributed by atoms with van der Waals surface area (Å²) in [6.07, 6.45) is 0. The topological polar surface area (TPSA) is 0 Å². The summed E-state index contributed by atoms with van der Waals surface area (Å²) in [6.45, 7) is 4.34. The molecule has 4 aromatic rings. The van der Waals surface area contributed by atoms with Crippen molar-refractivity contribution in [1.29, 1.82) is 0 Å². The lowest BCUT2D eigenvalue weighted by atomic mass is 10.1. The summed E-state index contributed by atoms with van der Waals surface area (Å²) in [4.78, 5) is 8.28. The summed E-state index contributed by atoms with van der Waals surface area (Å²) < 4.78 is 0. The van der Waals surface area contributed by atoms with Crippen molar-refractivity contribution in [2.45, 2.75) is 13.8 Å². The molecule has 0 aliphatic heterocycles. The maximum absolute atomic E-state index is 2.26. The van der Waals surface area contributed by atoms with E-state index >= 15 is 0 Å². The second-order valence-electron chi connectivity index (χ2n) is 5.15. The Kier molecular flexibility index (Phi) is 3.78. The Labute approximate surface area is 146 Å². The van der Waals surface area contributed by atoms with Crippen LogP contribution in [0.1, 0.15) is 9.75 Å². The molecule has 0 aliphatic rings. The average Bonchev–Trinajstić information content (AvgIpc) is 3.23. The molecule has 22 heavy (non-hydrogen) atoms. The predicted octanol–water partition coefficient (Wildman–Crippen LogP) is 7.55. The zero-order chi connectivity index (χ0) is 15.1. The smallest absolute Gasteiger partial charge is 0.0535 e. The molecule has 4 aromatic heterocycles. The van der Waals surface area contributed by atoms with Crippen LogP contribution in [0.3, 0.4) is 0 Å². The van der Waals surface area contributed by atoms with E-state index in [2.05, 4.69) is 61.0 Å². The fraction of sp³-hybridized carbons (Fsp3) is 0.111. The highest BCUT2D eigenvalue weighted by Crippen LogP contribution is 2.46. The van der Waals surface area contributed by atoms with E-state index in [0.29, 0.717) is 0 Å². The van der Waals surface area contributed by atoms with E-state index in [0.717, 1.165) is 0 Å². The van der Waals surface area contributed by atoms with Crippen LogP contribution in [0.15, 0.2) is 47.2 Å². The first-order valence-electron chi connectivity index (χ1n) is 7.01. The molecule has 0 saturated carbocycles. The van der Waals surface area contributed by atoms with Crippen LogP contribution in [-0.4, -0.2) is 0 Å². The highest BCUT2D eigenvalue weighted by Gasteiger charge is 2.17. The normalized spacial score (nSPS) is 11.2. The maximum Gasteiger partial charge on any atom is 0.0535 e. The summed E-state index contributed by atoms with van der Waals surface area (Å²) in [5.41, 5.74) is 2.75. The molecule has 0 amide bonds. The first-order chi connectivity index (χ1) is 10.7. The van der Waals surface area contributed by atoms with Gasteiger partial charge >= 0.3 is 0 Å². The van der Waals surface area contributed by atoms with Crippen LogP contribution >= 0.6 is 45.3 Å². The molecular formula is C18H14S4. The van der Waals surface area contributed by atoms with E-state index in [9.17, 15) is 0 Å². The van der Waals surface area contributed by atoms with Crippen LogP contribution in [0, 0.1) is 13.8 Å². The van der Waals surface area contributed by atoms with Gasteiger partial charge in [-0.15, -0.1) is 45.3 Å². The van der Waals surface area contributed by atoms with E-state index in [1.165, 1.54) is 40.4 Å². The van der Waals surface area contributed by atoms with Crippen LogP contribution in [0.4, 0.5) is 0 Å². The first kappa shape index (κ1) is 14.4. The van der Waals surface area contributed by atoms with Gasteiger partial charge in [0.2, 0.25) is 0 Å². The van der Waals surface area contributed by atoms with Gasteiger partial charge in [-0.2, -0.15) is 0 Å². The fourth-order valence-electron chi connectivity index (χ4n) is 2.52. The molecule has 0 aromatic carbocycles. The van der Waals surface area contributed by atoms with E-state index in [-0.39, 0.29) is 0 Å². The number of rotatable bonds is 3. The van der Waals surface area contributed by atoms with Crippen molar-refractivity contribution in [2.75, 3.05) is 0 Å². The predicted molar refractivity (Wildman–Crippen MR) is 104 cm³/mol. The van der Waals surface area contributed by atoms with E-state index in [4.69, 9.17) is 0 Å². The van der Waals surface area contributed by atoms with Crippen molar-refractivity contribution in [3.8, 4) is 30.6 Å². The fourth-order valence-corrected chi connectivity index (χ4v) is 6.46. The lowest BCUT2D eigenvalue weighted by Gasteiger charge is -2.03. The summed E-state index contributed by atoms with van der Waals surface area (Å²) in [7, 11) is 0. The molecule has 4 heteroatoms. The molecule has 0 bridgehead atoms. The zero-order valence-corrected chi connectivity index (χ0v) is 15.5. The minimum absolute atomic E-state index is 1.37. The van der Waals surface area contributed by atoms with Crippen LogP contribution < -0.4 is 0 Å². The number of thiophene rings is 4. The van der Waals surface area contributed by atoms with Gasteiger partial charge in [0.15, 0.2) is 0 Å². The SMILES string of the molecule is Cc1ccc(-c2ccsc2-c2sccc2-c2ccc(C)s2)s1. The Morgan fingerprint density at radius 2 is 1.05 bits per heavy atom. The van der Waals surface area contributed by atoms with Gasteiger partial charge in [-0.05, 0) is 61.0 Å². The molecule has 0 unspecified atom stereocenters. The number of aryl methyl sites for hydroxylation is 2. The molecule has 0 atom stereocenters. The molecule has 4 heterocycles. The highest BCUT2D eigenvalue weighted by molar-refractivity contribution is 7.22. The summed E-state index contributed by atoms with van der Waals surface area (Å²) >= 11 is 7.45. The highest BCUT2D eigenvalue weighted by atomic mass is 32.1. The summed E-state index contributed by atoms with van der Waals surface area (Å²) in [6, 6.07) is 13.4. The lowest BCUT2D eigenvalue weighted by molar-refractivity contribution is 1.64. The minimum Gasteiger partial charge on any atom is -0.142 e. The Balaban J connectivity index is 1.85. The molecular weight excluding hydrogens is 344 g/mol. The quantitative estimate of drug-likeness (QED) is 0.354. The molecule has 0 nitrogen and oxygen atoms in total. The van der Waals surface area contributed by atoms with Crippen molar-refractivity contribution in [1.82, 2.24) is 0 Å². The Bertz CT molecular complexity index is 840. The van der Waals surface area contributed by atoms with Gasteiger partial charge in [0, 0.05) is 30.6 Å². The van der Waals surface area contributed by atoms with Crippen molar-refractivity contribution in [3.63, 3.8) is 0 Å². The molecule has 4 rings (SSSR count). The molecule has 0 aliphatic carbocycles. The van der Waals surface area contributed by atoms with Crippen LogP contribution in [0.5, 0.6) is 0 Å². The summed E-state index contributed by atoms with van der Waals surface area (Å²) in [5.74, 6) is 0. The molecule has 0 radical (unpaired) electrons. The largest absolute Gasteiger partial charge is 0.142 e. The molecule has 0 N–H and O–H groups in total. The second kappa shape index (κ2) is 5.78. The van der Waals surface area contributed by atoms with E-state index < -0.39 is 0 Å². The number of hydrogen-bond donors (Lipinski definition) is 0. The van der Waals surface area contributed by atoms with Crippen molar-refractivity contribution in [3.05, 3.63) is 56.9 Å². The third-order valence-electron chi connectivity index (χ3n) is 3.55. The van der Waals surface area contributed by atoms with Crippen molar-refractivity contribution in [2.24, 2.45) is 0 Å². The minimum atomic E-state index is 1.37. The van der Waals surface area contributed by atoms with Crippen molar-refractivity contribution >= 4 is 45.3 Å². The van der Waals surface area contributed by atoms with Gasteiger partial charge in [-0.3, -0.25) is 0 Å². The molecule has 0 spiro atoms.